The van der Waals surface area contributed by atoms with Crippen molar-refractivity contribution in [3.8, 4) is 0 Å². The minimum Gasteiger partial charge on any atom is -0.322 e. The zero-order valence-electron chi connectivity index (χ0n) is 20.1. The smallest absolute Gasteiger partial charge is 0.255 e. The molecule has 6 nitrogen and oxygen atoms in total. The molecule has 2 N–H and O–H groups in total. The quantitative estimate of drug-likeness (QED) is 0.321. The van der Waals surface area contributed by atoms with E-state index >= 15 is 0 Å². The summed E-state index contributed by atoms with van der Waals surface area (Å²) in [5.41, 5.74) is 1.55. The average molecular weight is 500 g/mol. The normalized spacial score (nSPS) is 33.4. The maximum Gasteiger partial charge on any atom is 0.255 e. The third-order valence-electron chi connectivity index (χ3n) is 8.95. The molecule has 2 heterocycles. The Kier molecular flexibility index (Phi) is 6.16. The molecule has 1 saturated heterocycles. The minimum atomic E-state index is -0.677. The first kappa shape index (κ1) is 23.5. The number of thioether (sulfide) groups is 1. The molecule has 4 saturated carbocycles. The van der Waals surface area contributed by atoms with Crippen LogP contribution in [0.3, 0.4) is 0 Å². The van der Waals surface area contributed by atoms with Gasteiger partial charge < -0.3 is 10.2 Å². The van der Waals surface area contributed by atoms with Crippen molar-refractivity contribution in [1.29, 1.82) is 0 Å². The van der Waals surface area contributed by atoms with E-state index in [0.29, 0.717) is 17.5 Å². The number of hydrogen-bond donors (Lipinski definition) is 2. The highest BCUT2D eigenvalue weighted by atomic mass is 32.2. The van der Waals surface area contributed by atoms with Crippen molar-refractivity contribution in [1.82, 2.24) is 15.5 Å². The molecule has 0 spiro atoms. The van der Waals surface area contributed by atoms with Crippen LogP contribution in [0.5, 0.6) is 0 Å². The van der Waals surface area contributed by atoms with Gasteiger partial charge in [0.2, 0.25) is 11.8 Å². The molecule has 5 fully saturated rings. The van der Waals surface area contributed by atoms with Crippen LogP contribution in [-0.4, -0.2) is 46.5 Å². The molecular formula is C27H34FN3O3S. The molecule has 8 heteroatoms. The van der Waals surface area contributed by atoms with Gasteiger partial charge >= 0.3 is 0 Å². The van der Waals surface area contributed by atoms with Gasteiger partial charge in [0.05, 0.1) is 0 Å². The maximum absolute atomic E-state index is 14.4. The van der Waals surface area contributed by atoms with E-state index in [2.05, 4.69) is 10.6 Å². The SMILES string of the molecule is O=C1CCC(N2Cc3c(SCCCCNC45CC6CC(CC(C6)C4)C5)cc(F)cc3C2=O)C(=O)N1. The van der Waals surface area contributed by atoms with E-state index in [1.54, 1.807) is 11.8 Å². The lowest BCUT2D eigenvalue weighted by molar-refractivity contribution is -0.136. The number of halogens is 1. The van der Waals surface area contributed by atoms with Crippen LogP contribution in [0.2, 0.25) is 0 Å². The molecule has 188 valence electrons. The highest BCUT2D eigenvalue weighted by molar-refractivity contribution is 7.99. The van der Waals surface area contributed by atoms with Crippen molar-refractivity contribution >= 4 is 29.5 Å². The Morgan fingerprint density at radius 3 is 2.46 bits per heavy atom. The van der Waals surface area contributed by atoms with Gasteiger partial charge in [0.15, 0.2) is 0 Å². The second kappa shape index (κ2) is 9.18. The molecule has 1 aromatic carbocycles. The van der Waals surface area contributed by atoms with Crippen LogP contribution in [0.1, 0.15) is 80.1 Å². The van der Waals surface area contributed by atoms with E-state index in [1.165, 1.54) is 55.6 Å². The molecule has 4 aliphatic carbocycles. The largest absolute Gasteiger partial charge is 0.322 e. The van der Waals surface area contributed by atoms with Crippen molar-refractivity contribution in [3.05, 3.63) is 29.1 Å². The van der Waals surface area contributed by atoms with E-state index in [1.807, 2.05) is 0 Å². The summed E-state index contributed by atoms with van der Waals surface area (Å²) in [5, 5.41) is 6.27. The Bertz CT molecular complexity index is 1030. The summed E-state index contributed by atoms with van der Waals surface area (Å²) in [5.74, 6) is 2.21. The van der Waals surface area contributed by atoms with Crippen LogP contribution in [0.25, 0.3) is 0 Å². The maximum atomic E-state index is 14.4. The number of rotatable bonds is 8. The standard InChI is InChI=1S/C27H34FN3O3S/c28-19-10-20-21(15-31(26(20)34)22-3-4-24(32)30-25(22)33)23(11-19)35-6-2-1-5-29-27-12-16-7-17(13-27)9-18(8-16)14-27/h10-11,16-18,22,29H,1-9,12-15H2,(H,30,32,33). The lowest BCUT2D eigenvalue weighted by atomic mass is 9.53. The monoisotopic (exact) mass is 499 g/mol. The Morgan fingerprint density at radius 2 is 1.77 bits per heavy atom. The molecule has 6 aliphatic rings. The van der Waals surface area contributed by atoms with Gasteiger partial charge in [-0.15, -0.1) is 11.8 Å². The number of nitrogens with one attached hydrogen (secondary N) is 2. The summed E-state index contributed by atoms with van der Waals surface area (Å²) in [4.78, 5) is 39.1. The van der Waals surface area contributed by atoms with E-state index in [4.69, 9.17) is 0 Å². The van der Waals surface area contributed by atoms with Gasteiger partial charge in [-0.05, 0) is 106 Å². The van der Waals surface area contributed by atoms with E-state index in [-0.39, 0.29) is 24.8 Å². The number of amides is 3. The van der Waals surface area contributed by atoms with E-state index < -0.39 is 17.8 Å². The molecule has 4 bridgehead atoms. The molecular weight excluding hydrogens is 465 g/mol. The number of imide groups is 1. The van der Waals surface area contributed by atoms with Gasteiger partial charge in [-0.2, -0.15) is 0 Å². The molecule has 7 rings (SSSR count). The summed E-state index contributed by atoms with van der Waals surface area (Å²) in [6, 6.07) is 2.12. The third kappa shape index (κ3) is 4.52. The molecule has 0 aromatic heterocycles. The molecule has 0 radical (unpaired) electrons. The van der Waals surface area contributed by atoms with Crippen LogP contribution in [0.15, 0.2) is 17.0 Å². The van der Waals surface area contributed by atoms with Crippen molar-refractivity contribution in [2.45, 2.75) is 87.2 Å². The van der Waals surface area contributed by atoms with Crippen molar-refractivity contribution in [3.63, 3.8) is 0 Å². The van der Waals surface area contributed by atoms with Crippen molar-refractivity contribution in [2.75, 3.05) is 12.3 Å². The first-order valence-corrected chi connectivity index (χ1v) is 14.2. The fourth-order valence-electron chi connectivity index (χ4n) is 7.81. The van der Waals surface area contributed by atoms with Gasteiger partial charge in [-0.25, -0.2) is 4.39 Å². The van der Waals surface area contributed by atoms with Crippen LogP contribution >= 0.6 is 11.8 Å². The minimum absolute atomic E-state index is 0.212. The molecule has 1 unspecified atom stereocenters. The Labute approximate surface area is 210 Å². The number of fused-ring (bicyclic) bond motifs is 1. The molecule has 1 atom stereocenters. The predicted molar refractivity (Wildman–Crippen MR) is 131 cm³/mol. The highest BCUT2D eigenvalue weighted by Crippen LogP contribution is 2.55. The number of nitrogens with zero attached hydrogens (tertiary/aromatic N) is 1. The second-order valence-electron chi connectivity index (χ2n) is 11.5. The zero-order chi connectivity index (χ0) is 24.2. The van der Waals surface area contributed by atoms with Crippen LogP contribution in [0, 0.1) is 23.6 Å². The second-order valence-corrected chi connectivity index (χ2v) is 12.6. The summed E-state index contributed by atoms with van der Waals surface area (Å²) < 4.78 is 14.4. The molecule has 2 aliphatic heterocycles. The van der Waals surface area contributed by atoms with Crippen LogP contribution in [0.4, 0.5) is 4.39 Å². The number of hydrogen-bond acceptors (Lipinski definition) is 5. The van der Waals surface area contributed by atoms with Gasteiger partial charge in [-0.3, -0.25) is 19.7 Å². The van der Waals surface area contributed by atoms with Gasteiger partial charge in [0.25, 0.3) is 5.91 Å². The fraction of sp³-hybridized carbons (Fsp3) is 0.667. The van der Waals surface area contributed by atoms with Crippen molar-refractivity contribution < 1.29 is 18.8 Å². The van der Waals surface area contributed by atoms with Crippen molar-refractivity contribution in [2.24, 2.45) is 17.8 Å². The van der Waals surface area contributed by atoms with Gasteiger partial charge in [0.1, 0.15) is 11.9 Å². The summed E-state index contributed by atoms with van der Waals surface area (Å²) >= 11 is 1.60. The molecule has 35 heavy (non-hydrogen) atoms. The topological polar surface area (TPSA) is 78.5 Å². The molecule has 3 amide bonds. The van der Waals surface area contributed by atoms with E-state index in [9.17, 15) is 18.8 Å². The van der Waals surface area contributed by atoms with Crippen LogP contribution < -0.4 is 10.6 Å². The van der Waals surface area contributed by atoms with Gasteiger partial charge in [0, 0.05) is 29.0 Å². The zero-order valence-corrected chi connectivity index (χ0v) is 20.9. The number of carbonyl (C=O) groups excluding carboxylic acids is 3. The Hall–Kier alpha value is -1.93. The lowest BCUT2D eigenvalue weighted by Crippen LogP contribution is -2.58. The Balaban J connectivity index is 1.02. The first-order chi connectivity index (χ1) is 16.9. The van der Waals surface area contributed by atoms with Crippen LogP contribution in [-0.2, 0) is 16.1 Å². The summed E-state index contributed by atoms with van der Waals surface area (Å²) in [6.45, 7) is 1.33. The number of benzene rings is 1. The highest BCUT2D eigenvalue weighted by Gasteiger charge is 2.50. The Morgan fingerprint density at radius 1 is 1.06 bits per heavy atom. The number of carbonyl (C=O) groups is 3. The summed E-state index contributed by atoms with van der Waals surface area (Å²) in [7, 11) is 0. The molecule has 1 aromatic rings. The number of unbranched alkanes of at least 4 members (excludes halogenated alkanes) is 1. The summed E-state index contributed by atoms with van der Waals surface area (Å²) in [6.07, 6.45) is 11.1. The average Bonchev–Trinajstić information content (AvgIpc) is 3.11. The fourth-order valence-corrected chi connectivity index (χ4v) is 8.93. The van der Waals surface area contributed by atoms with Gasteiger partial charge in [-0.1, -0.05) is 0 Å². The predicted octanol–water partition coefficient (Wildman–Crippen LogP) is 4.02. The van der Waals surface area contributed by atoms with E-state index in [0.717, 1.165) is 53.4 Å². The lowest BCUT2D eigenvalue weighted by Gasteiger charge is -2.57. The first-order valence-electron chi connectivity index (χ1n) is 13.2. The number of piperidine rings is 1. The third-order valence-corrected chi connectivity index (χ3v) is 10.1.